The minimum absolute atomic E-state index is 0.0493. The second-order valence-electron chi connectivity index (χ2n) is 9.73. The summed E-state index contributed by atoms with van der Waals surface area (Å²) in [6.45, 7) is 6.98. The summed E-state index contributed by atoms with van der Waals surface area (Å²) in [6.07, 6.45) is 19.2. The lowest BCUT2D eigenvalue weighted by molar-refractivity contribution is -0.134. The third kappa shape index (κ3) is 16.1. The van der Waals surface area contributed by atoms with Crippen molar-refractivity contribution >= 4 is 11.9 Å². The summed E-state index contributed by atoms with van der Waals surface area (Å²) in [6, 6.07) is 5.42. The number of benzene rings is 1. The van der Waals surface area contributed by atoms with Gasteiger partial charge >= 0.3 is 5.97 Å². The van der Waals surface area contributed by atoms with Crippen LogP contribution in [0.2, 0.25) is 0 Å². The summed E-state index contributed by atoms with van der Waals surface area (Å²) in [5.74, 6) is 1.33. The molecule has 0 aliphatic rings. The van der Waals surface area contributed by atoms with Crippen LogP contribution in [0.4, 0.5) is 0 Å². The van der Waals surface area contributed by atoms with E-state index >= 15 is 0 Å². The van der Waals surface area contributed by atoms with Gasteiger partial charge in [0, 0.05) is 19.4 Å². The topological polar surface area (TPSA) is 64.6 Å². The van der Waals surface area contributed by atoms with Crippen LogP contribution in [-0.4, -0.2) is 19.0 Å². The highest BCUT2D eigenvalue weighted by Crippen LogP contribution is 2.28. The molecule has 35 heavy (non-hydrogen) atoms. The average molecular weight is 488 g/mol. The number of amides is 1. The van der Waals surface area contributed by atoms with Crippen molar-refractivity contribution in [3.8, 4) is 11.5 Å². The predicted molar refractivity (Wildman–Crippen MR) is 145 cm³/mol. The molecule has 0 saturated heterocycles. The van der Waals surface area contributed by atoms with Crippen molar-refractivity contribution in [1.82, 2.24) is 5.32 Å². The van der Waals surface area contributed by atoms with E-state index in [1.807, 2.05) is 12.1 Å². The molecule has 0 unspecified atom stereocenters. The third-order valence-corrected chi connectivity index (χ3v) is 5.97. The van der Waals surface area contributed by atoms with Gasteiger partial charge in [-0.15, -0.1) is 0 Å². The number of hydrogen-bond donors (Lipinski definition) is 1. The van der Waals surface area contributed by atoms with Gasteiger partial charge in [-0.25, -0.2) is 0 Å². The molecule has 5 heteroatoms. The number of rotatable bonds is 20. The highest BCUT2D eigenvalue weighted by molar-refractivity contribution is 5.76. The first-order valence-electron chi connectivity index (χ1n) is 13.8. The molecule has 1 N–H and O–H groups in total. The summed E-state index contributed by atoms with van der Waals surface area (Å²) in [5, 5.41) is 2.96. The van der Waals surface area contributed by atoms with Gasteiger partial charge in [-0.1, -0.05) is 90.4 Å². The van der Waals surface area contributed by atoms with Gasteiger partial charge in [0.15, 0.2) is 11.5 Å². The Balaban J connectivity index is 2.28. The van der Waals surface area contributed by atoms with E-state index in [0.29, 0.717) is 36.8 Å². The number of allylic oxidation sites excluding steroid dienone is 2. The molecule has 0 aliphatic carbocycles. The highest BCUT2D eigenvalue weighted by Gasteiger charge is 2.11. The molecule has 0 saturated carbocycles. The number of ether oxygens (including phenoxy) is 2. The zero-order valence-corrected chi connectivity index (χ0v) is 22.7. The normalized spacial score (nSPS) is 11.2. The fourth-order valence-corrected chi connectivity index (χ4v) is 3.87. The van der Waals surface area contributed by atoms with Gasteiger partial charge in [0.05, 0.1) is 7.11 Å². The lowest BCUT2D eigenvalue weighted by Crippen LogP contribution is -2.22. The molecule has 0 fully saturated rings. The summed E-state index contributed by atoms with van der Waals surface area (Å²) in [7, 11) is 1.56. The number of carbonyl (C=O) groups is 2. The fourth-order valence-electron chi connectivity index (χ4n) is 3.87. The number of unbranched alkanes of at least 4 members (excludes halogenated alkanes) is 10. The molecule has 1 aromatic rings. The average Bonchev–Trinajstić information content (AvgIpc) is 2.84. The van der Waals surface area contributed by atoms with Gasteiger partial charge in [-0.05, 0) is 49.3 Å². The van der Waals surface area contributed by atoms with Crippen LogP contribution in [0.25, 0.3) is 0 Å². The van der Waals surface area contributed by atoms with Crippen molar-refractivity contribution in [2.24, 2.45) is 5.92 Å². The molecule has 0 heterocycles. The molecule has 198 valence electrons. The lowest BCUT2D eigenvalue weighted by Gasteiger charge is -2.12. The number of hydrogen-bond acceptors (Lipinski definition) is 4. The van der Waals surface area contributed by atoms with Crippen LogP contribution in [0.3, 0.4) is 0 Å². The molecule has 1 amide bonds. The van der Waals surface area contributed by atoms with E-state index in [4.69, 9.17) is 9.47 Å². The van der Waals surface area contributed by atoms with Crippen LogP contribution < -0.4 is 14.8 Å². The first kappa shape index (κ1) is 30.7. The molecular weight excluding hydrogens is 438 g/mol. The molecule has 0 bridgehead atoms. The highest BCUT2D eigenvalue weighted by atomic mass is 16.6. The molecule has 0 spiro atoms. The Morgan fingerprint density at radius 1 is 0.886 bits per heavy atom. The van der Waals surface area contributed by atoms with Crippen molar-refractivity contribution in [2.45, 2.75) is 117 Å². The Labute approximate surface area is 214 Å². The van der Waals surface area contributed by atoms with Crippen molar-refractivity contribution in [3.05, 3.63) is 35.9 Å². The van der Waals surface area contributed by atoms with Crippen LogP contribution in [0.15, 0.2) is 30.4 Å². The van der Waals surface area contributed by atoms with Gasteiger partial charge in [0.25, 0.3) is 0 Å². The van der Waals surface area contributed by atoms with Crippen molar-refractivity contribution in [2.75, 3.05) is 7.11 Å². The molecule has 0 radical (unpaired) electrons. The number of nitrogens with one attached hydrogen (secondary N) is 1. The Kier molecular flexibility index (Phi) is 17.5. The first-order chi connectivity index (χ1) is 17.0. The zero-order chi connectivity index (χ0) is 25.7. The number of methoxy groups -OCH3 is 1. The minimum Gasteiger partial charge on any atom is -0.493 e. The molecule has 1 aromatic carbocycles. The maximum atomic E-state index is 12.2. The van der Waals surface area contributed by atoms with Crippen molar-refractivity contribution < 1.29 is 19.1 Å². The van der Waals surface area contributed by atoms with E-state index in [2.05, 4.69) is 38.2 Å². The first-order valence-corrected chi connectivity index (χ1v) is 13.8. The fraction of sp³-hybridized carbons (Fsp3) is 0.667. The van der Waals surface area contributed by atoms with Crippen LogP contribution >= 0.6 is 0 Å². The number of esters is 1. The molecule has 1 rings (SSSR count). The zero-order valence-electron chi connectivity index (χ0n) is 22.7. The third-order valence-electron chi connectivity index (χ3n) is 5.97. The predicted octanol–water partition coefficient (Wildman–Crippen LogP) is 7.91. The largest absolute Gasteiger partial charge is 0.493 e. The minimum atomic E-state index is -0.226. The quantitative estimate of drug-likeness (QED) is 0.0878. The Morgan fingerprint density at radius 2 is 1.54 bits per heavy atom. The molecule has 5 nitrogen and oxygen atoms in total. The van der Waals surface area contributed by atoms with Gasteiger partial charge in [-0.3, -0.25) is 9.59 Å². The summed E-state index contributed by atoms with van der Waals surface area (Å²) in [4.78, 5) is 24.4. The van der Waals surface area contributed by atoms with Crippen molar-refractivity contribution in [1.29, 1.82) is 0 Å². The second kappa shape index (κ2) is 19.9. The molecular formula is C30H49NO4. The lowest BCUT2D eigenvalue weighted by atomic mass is 10.1. The van der Waals surface area contributed by atoms with E-state index in [1.165, 1.54) is 44.9 Å². The van der Waals surface area contributed by atoms with Gasteiger partial charge in [-0.2, -0.15) is 0 Å². The van der Waals surface area contributed by atoms with E-state index < -0.39 is 0 Å². The van der Waals surface area contributed by atoms with Gasteiger partial charge in [0.1, 0.15) is 0 Å². The maximum Gasteiger partial charge on any atom is 0.311 e. The van der Waals surface area contributed by atoms with Crippen LogP contribution in [0.5, 0.6) is 11.5 Å². The maximum absolute atomic E-state index is 12.2. The monoisotopic (exact) mass is 487 g/mol. The standard InChI is InChI=1S/C30H49NO4/c1-5-6-7-8-9-10-11-12-17-20-30(33)35-27-22-21-26(23-28(27)34-4)24-31-29(32)19-16-14-13-15-18-25(2)3/h15,18,21-23,25H,5-14,16-17,19-20,24H2,1-4H3,(H,31,32)/b18-15+. The second-order valence-corrected chi connectivity index (χ2v) is 9.73. The van der Waals surface area contributed by atoms with Crippen molar-refractivity contribution in [3.63, 3.8) is 0 Å². The van der Waals surface area contributed by atoms with Crippen LogP contribution in [-0.2, 0) is 16.1 Å². The summed E-state index contributed by atoms with van der Waals surface area (Å²) < 4.78 is 10.9. The Hall–Kier alpha value is -2.30. The smallest absolute Gasteiger partial charge is 0.311 e. The van der Waals surface area contributed by atoms with Gasteiger partial charge < -0.3 is 14.8 Å². The number of carbonyl (C=O) groups excluding carboxylic acids is 2. The van der Waals surface area contributed by atoms with E-state index in [0.717, 1.165) is 37.7 Å². The van der Waals surface area contributed by atoms with E-state index in [-0.39, 0.29) is 11.9 Å². The van der Waals surface area contributed by atoms with Gasteiger partial charge in [0.2, 0.25) is 5.91 Å². The van der Waals surface area contributed by atoms with Crippen LogP contribution in [0, 0.1) is 5.92 Å². The SMILES string of the molecule is CCCCCCCCCCCC(=O)Oc1ccc(CNC(=O)CCCC/C=C/C(C)C)cc1OC. The Morgan fingerprint density at radius 3 is 2.20 bits per heavy atom. The molecule has 0 atom stereocenters. The van der Waals surface area contributed by atoms with E-state index in [1.54, 1.807) is 13.2 Å². The molecule has 0 aromatic heterocycles. The Bertz CT molecular complexity index is 742. The van der Waals surface area contributed by atoms with E-state index in [9.17, 15) is 9.59 Å². The molecule has 0 aliphatic heterocycles. The summed E-state index contributed by atoms with van der Waals surface area (Å²) >= 11 is 0. The van der Waals surface area contributed by atoms with Crippen LogP contribution in [0.1, 0.15) is 116 Å². The summed E-state index contributed by atoms with van der Waals surface area (Å²) in [5.41, 5.74) is 0.911.